The van der Waals surface area contributed by atoms with Crippen molar-refractivity contribution in [3.63, 3.8) is 0 Å². The summed E-state index contributed by atoms with van der Waals surface area (Å²) in [5, 5.41) is 3.03. The van der Waals surface area contributed by atoms with Gasteiger partial charge in [0.2, 0.25) is 5.91 Å². The molecule has 2 fully saturated rings. The van der Waals surface area contributed by atoms with Crippen molar-refractivity contribution < 1.29 is 19.1 Å². The predicted molar refractivity (Wildman–Crippen MR) is 123 cm³/mol. The number of hydrogen-bond donors (Lipinski definition) is 1. The van der Waals surface area contributed by atoms with Crippen molar-refractivity contribution >= 4 is 17.5 Å². The Morgan fingerprint density at radius 1 is 1.03 bits per heavy atom. The second-order valence-electron chi connectivity index (χ2n) is 8.34. The van der Waals surface area contributed by atoms with Crippen molar-refractivity contribution in [2.24, 2.45) is 5.92 Å². The number of amides is 2. The molecule has 2 heterocycles. The standard InChI is InChI=1S/C25H31N3O4/c1-31-21-6-4-5-19(17-21)18-27-11-9-20(10-12-27)24(29)26-23-8-3-2-7-22(23)25(30)28-13-15-32-16-14-28/h2-8,17,20H,9-16,18H2,1H3,(H,26,29). The minimum atomic E-state index is -0.0580. The Balaban J connectivity index is 1.33. The highest BCUT2D eigenvalue weighted by atomic mass is 16.5. The summed E-state index contributed by atoms with van der Waals surface area (Å²) in [6.45, 7) is 4.83. The van der Waals surface area contributed by atoms with E-state index in [-0.39, 0.29) is 17.7 Å². The van der Waals surface area contributed by atoms with Gasteiger partial charge in [-0.1, -0.05) is 24.3 Å². The zero-order chi connectivity index (χ0) is 22.3. The fraction of sp³-hybridized carbons (Fsp3) is 0.440. The molecule has 4 rings (SSSR count). The first-order chi connectivity index (χ1) is 15.6. The maximum absolute atomic E-state index is 13.0. The van der Waals surface area contributed by atoms with E-state index >= 15 is 0 Å². The van der Waals surface area contributed by atoms with Crippen LogP contribution in [0, 0.1) is 5.92 Å². The van der Waals surface area contributed by atoms with Crippen LogP contribution in [0.2, 0.25) is 0 Å². The molecule has 0 unspecified atom stereocenters. The lowest BCUT2D eigenvalue weighted by molar-refractivity contribution is -0.121. The van der Waals surface area contributed by atoms with Crippen molar-refractivity contribution in [2.45, 2.75) is 19.4 Å². The van der Waals surface area contributed by atoms with Gasteiger partial charge in [-0.15, -0.1) is 0 Å². The molecule has 2 aliphatic heterocycles. The van der Waals surface area contributed by atoms with E-state index in [9.17, 15) is 9.59 Å². The second kappa shape index (κ2) is 10.6. The third-order valence-corrected chi connectivity index (χ3v) is 6.21. The van der Waals surface area contributed by atoms with Crippen molar-refractivity contribution in [3.8, 4) is 5.75 Å². The van der Waals surface area contributed by atoms with E-state index < -0.39 is 0 Å². The zero-order valence-corrected chi connectivity index (χ0v) is 18.6. The number of morpholine rings is 1. The average Bonchev–Trinajstić information content (AvgIpc) is 2.85. The fourth-order valence-corrected chi connectivity index (χ4v) is 4.33. The molecular weight excluding hydrogens is 406 g/mol. The second-order valence-corrected chi connectivity index (χ2v) is 8.34. The SMILES string of the molecule is COc1cccc(CN2CCC(C(=O)Nc3ccccc3C(=O)N3CCOCC3)CC2)c1. The van der Waals surface area contributed by atoms with Gasteiger partial charge in [-0.2, -0.15) is 0 Å². The molecule has 0 saturated carbocycles. The Kier molecular flexibility index (Phi) is 7.39. The van der Waals surface area contributed by atoms with E-state index in [1.54, 1.807) is 18.1 Å². The molecule has 32 heavy (non-hydrogen) atoms. The summed E-state index contributed by atoms with van der Waals surface area (Å²) in [7, 11) is 1.68. The van der Waals surface area contributed by atoms with Crippen LogP contribution in [0.15, 0.2) is 48.5 Å². The fourth-order valence-electron chi connectivity index (χ4n) is 4.33. The largest absolute Gasteiger partial charge is 0.497 e. The molecule has 2 aliphatic rings. The monoisotopic (exact) mass is 437 g/mol. The first kappa shape index (κ1) is 22.3. The number of nitrogens with one attached hydrogen (secondary N) is 1. The maximum atomic E-state index is 13.0. The highest BCUT2D eigenvalue weighted by Crippen LogP contribution is 2.24. The van der Waals surface area contributed by atoms with E-state index in [1.807, 2.05) is 30.3 Å². The van der Waals surface area contributed by atoms with Gasteiger partial charge in [-0.3, -0.25) is 14.5 Å². The predicted octanol–water partition coefficient (Wildman–Crippen LogP) is 3.02. The van der Waals surface area contributed by atoms with Crippen LogP contribution in [0.25, 0.3) is 0 Å². The van der Waals surface area contributed by atoms with Crippen LogP contribution in [0.1, 0.15) is 28.8 Å². The van der Waals surface area contributed by atoms with Crippen LogP contribution < -0.4 is 10.1 Å². The van der Waals surface area contributed by atoms with Crippen LogP contribution in [-0.2, 0) is 16.1 Å². The van der Waals surface area contributed by atoms with Gasteiger partial charge in [-0.05, 0) is 55.8 Å². The molecule has 0 spiro atoms. The Hall–Kier alpha value is -2.90. The first-order valence-electron chi connectivity index (χ1n) is 11.3. The lowest BCUT2D eigenvalue weighted by Gasteiger charge is -2.31. The van der Waals surface area contributed by atoms with Crippen molar-refractivity contribution in [1.82, 2.24) is 9.80 Å². The third-order valence-electron chi connectivity index (χ3n) is 6.21. The molecule has 170 valence electrons. The summed E-state index contributed by atoms with van der Waals surface area (Å²) in [5.74, 6) is 0.746. The van der Waals surface area contributed by atoms with Crippen LogP contribution >= 0.6 is 0 Å². The van der Waals surface area contributed by atoms with Gasteiger partial charge in [0, 0.05) is 25.6 Å². The summed E-state index contributed by atoms with van der Waals surface area (Å²) >= 11 is 0. The molecule has 0 bridgehead atoms. The number of methoxy groups -OCH3 is 1. The number of piperidine rings is 1. The number of benzene rings is 2. The van der Waals surface area contributed by atoms with E-state index in [2.05, 4.69) is 22.3 Å². The van der Waals surface area contributed by atoms with Crippen molar-refractivity contribution in [3.05, 3.63) is 59.7 Å². The molecule has 0 atom stereocenters. The van der Waals surface area contributed by atoms with Crippen LogP contribution in [-0.4, -0.2) is 68.1 Å². The molecule has 7 heteroatoms. The summed E-state index contributed by atoms with van der Waals surface area (Å²) in [6.07, 6.45) is 1.60. The molecule has 2 aromatic rings. The van der Waals surface area contributed by atoms with E-state index in [4.69, 9.17) is 9.47 Å². The van der Waals surface area contributed by atoms with E-state index in [0.717, 1.165) is 38.2 Å². The van der Waals surface area contributed by atoms with Crippen LogP contribution in [0.4, 0.5) is 5.69 Å². The molecule has 0 aromatic heterocycles. The van der Waals surface area contributed by atoms with Crippen molar-refractivity contribution in [2.75, 3.05) is 51.8 Å². The Morgan fingerprint density at radius 2 is 1.78 bits per heavy atom. The molecular formula is C25H31N3O4. The van der Waals surface area contributed by atoms with Gasteiger partial charge in [-0.25, -0.2) is 0 Å². The highest BCUT2D eigenvalue weighted by molar-refractivity contribution is 6.04. The topological polar surface area (TPSA) is 71.1 Å². The number of carbonyl (C=O) groups is 2. The molecule has 1 N–H and O–H groups in total. The third kappa shape index (κ3) is 5.47. The van der Waals surface area contributed by atoms with Gasteiger partial charge in [0.15, 0.2) is 0 Å². The van der Waals surface area contributed by atoms with Gasteiger partial charge in [0.25, 0.3) is 5.91 Å². The molecule has 0 aliphatic carbocycles. The number of nitrogens with zero attached hydrogens (tertiary/aromatic N) is 2. The minimum absolute atomic E-state index is 0.00624. The minimum Gasteiger partial charge on any atom is -0.497 e. The summed E-state index contributed by atoms with van der Waals surface area (Å²) in [4.78, 5) is 30.1. The van der Waals surface area contributed by atoms with Crippen LogP contribution in [0.5, 0.6) is 5.75 Å². The lowest BCUT2D eigenvalue weighted by Crippen LogP contribution is -2.41. The number of carbonyl (C=O) groups excluding carboxylic acids is 2. The van der Waals surface area contributed by atoms with E-state index in [0.29, 0.717) is 37.6 Å². The average molecular weight is 438 g/mol. The normalized spacial score (nSPS) is 17.7. The quantitative estimate of drug-likeness (QED) is 0.752. The maximum Gasteiger partial charge on any atom is 0.256 e. The number of rotatable bonds is 6. The van der Waals surface area contributed by atoms with Gasteiger partial charge >= 0.3 is 0 Å². The first-order valence-corrected chi connectivity index (χ1v) is 11.3. The molecule has 7 nitrogen and oxygen atoms in total. The number of anilines is 1. The molecule has 0 radical (unpaired) electrons. The van der Waals surface area contributed by atoms with Gasteiger partial charge in [0.1, 0.15) is 5.75 Å². The number of likely N-dealkylation sites (tertiary alicyclic amines) is 1. The Morgan fingerprint density at radius 3 is 2.53 bits per heavy atom. The number of para-hydroxylation sites is 1. The number of ether oxygens (including phenoxy) is 2. The zero-order valence-electron chi connectivity index (χ0n) is 18.6. The Labute approximate surface area is 189 Å². The van der Waals surface area contributed by atoms with Gasteiger partial charge < -0.3 is 19.7 Å². The summed E-state index contributed by atoms with van der Waals surface area (Å²) in [5.41, 5.74) is 2.34. The van der Waals surface area contributed by atoms with Crippen LogP contribution in [0.3, 0.4) is 0 Å². The molecule has 2 aromatic carbocycles. The Bertz CT molecular complexity index is 934. The molecule has 2 saturated heterocycles. The highest BCUT2D eigenvalue weighted by Gasteiger charge is 2.27. The number of hydrogen-bond acceptors (Lipinski definition) is 5. The smallest absolute Gasteiger partial charge is 0.256 e. The van der Waals surface area contributed by atoms with Gasteiger partial charge in [0.05, 0.1) is 31.6 Å². The summed E-state index contributed by atoms with van der Waals surface area (Å²) < 4.78 is 10.7. The van der Waals surface area contributed by atoms with Crippen molar-refractivity contribution in [1.29, 1.82) is 0 Å². The molecule has 2 amide bonds. The lowest BCUT2D eigenvalue weighted by atomic mass is 9.95. The summed E-state index contributed by atoms with van der Waals surface area (Å²) in [6, 6.07) is 15.4. The van der Waals surface area contributed by atoms with E-state index in [1.165, 1.54) is 5.56 Å².